The average molecular weight is 290 g/mol. The van der Waals surface area contributed by atoms with Crippen molar-refractivity contribution >= 4 is 11.7 Å². The van der Waals surface area contributed by atoms with Gasteiger partial charge in [0.15, 0.2) is 23.1 Å². The van der Waals surface area contributed by atoms with Gasteiger partial charge in [0, 0.05) is 17.7 Å². The Hall–Kier alpha value is -2.74. The van der Waals surface area contributed by atoms with E-state index in [9.17, 15) is 20.1 Å². The van der Waals surface area contributed by atoms with Gasteiger partial charge in [-0.15, -0.1) is 0 Å². The maximum absolute atomic E-state index is 12.1. The molecule has 1 aromatic heterocycles. The lowest BCUT2D eigenvalue weighted by molar-refractivity contribution is 0.102. The fraction of sp³-hybridized carbons (Fsp3) is 0.231. The second kappa shape index (κ2) is 4.98. The Bertz CT molecular complexity index is 687. The number of nitrogens with zero attached hydrogens (tertiary/aromatic N) is 1. The van der Waals surface area contributed by atoms with Crippen molar-refractivity contribution in [3.05, 3.63) is 29.0 Å². The molecule has 8 heteroatoms. The smallest absolute Gasteiger partial charge is 0.257 e. The number of carbonyl (C=O) groups excluding carboxylic acids is 1. The first kappa shape index (κ1) is 13.3. The molecule has 21 heavy (non-hydrogen) atoms. The minimum absolute atomic E-state index is 0.0217. The van der Waals surface area contributed by atoms with Gasteiger partial charge in [-0.05, 0) is 25.1 Å². The van der Waals surface area contributed by atoms with E-state index in [4.69, 9.17) is 0 Å². The number of amides is 1. The first-order chi connectivity index (χ1) is 10.1. The number of carbonyl (C=O) groups is 1. The van der Waals surface area contributed by atoms with Crippen LogP contribution in [0.4, 0.5) is 5.82 Å². The molecule has 0 saturated carbocycles. The molecule has 6 N–H and O–H groups in total. The summed E-state index contributed by atoms with van der Waals surface area (Å²) in [6.07, 6.45) is 0.744. The number of aromatic amines is 1. The van der Waals surface area contributed by atoms with Gasteiger partial charge in [-0.1, -0.05) is 0 Å². The van der Waals surface area contributed by atoms with Gasteiger partial charge in [-0.3, -0.25) is 9.89 Å². The van der Waals surface area contributed by atoms with Crippen LogP contribution >= 0.6 is 0 Å². The van der Waals surface area contributed by atoms with E-state index < -0.39 is 23.2 Å². The number of aromatic hydroxyl groups is 3. The Morgan fingerprint density at radius 2 is 1.95 bits per heavy atom. The molecule has 0 aliphatic carbocycles. The zero-order valence-electron chi connectivity index (χ0n) is 11.0. The van der Waals surface area contributed by atoms with Gasteiger partial charge in [-0.2, -0.15) is 5.10 Å². The Morgan fingerprint density at radius 3 is 2.67 bits per heavy atom. The maximum Gasteiger partial charge on any atom is 0.257 e. The van der Waals surface area contributed by atoms with Crippen LogP contribution in [0.25, 0.3) is 0 Å². The first-order valence-corrected chi connectivity index (χ1v) is 6.39. The molecular weight excluding hydrogens is 276 g/mol. The van der Waals surface area contributed by atoms with Crippen molar-refractivity contribution in [2.75, 3.05) is 11.9 Å². The quantitative estimate of drug-likeness (QED) is 0.445. The van der Waals surface area contributed by atoms with E-state index in [1.165, 1.54) is 0 Å². The highest BCUT2D eigenvalue weighted by Crippen LogP contribution is 2.35. The number of phenolic OH excluding ortho intramolecular Hbond substituents is 3. The van der Waals surface area contributed by atoms with Crippen LogP contribution < -0.4 is 10.6 Å². The van der Waals surface area contributed by atoms with E-state index in [2.05, 4.69) is 20.8 Å². The minimum atomic E-state index is -0.658. The molecule has 2 heterocycles. The summed E-state index contributed by atoms with van der Waals surface area (Å²) in [6.45, 7) is 1.47. The number of benzene rings is 1. The van der Waals surface area contributed by atoms with Crippen molar-refractivity contribution in [3.63, 3.8) is 0 Å². The highest BCUT2D eigenvalue weighted by Gasteiger charge is 2.20. The molecule has 8 nitrogen and oxygen atoms in total. The van der Waals surface area contributed by atoms with Crippen LogP contribution in [-0.4, -0.2) is 38.0 Å². The van der Waals surface area contributed by atoms with Gasteiger partial charge in [0.25, 0.3) is 5.91 Å². The Labute approximate surface area is 119 Å². The largest absolute Gasteiger partial charge is 0.504 e. The SMILES string of the molecule is O=C(Nc1n[nH]c2c1CCNC2)c1cc(O)c(O)c(O)c1. The summed E-state index contributed by atoms with van der Waals surface area (Å²) in [5.41, 5.74) is 1.88. The summed E-state index contributed by atoms with van der Waals surface area (Å²) >= 11 is 0. The topological polar surface area (TPSA) is 130 Å². The second-order valence-electron chi connectivity index (χ2n) is 4.77. The summed E-state index contributed by atoms with van der Waals surface area (Å²) in [4.78, 5) is 12.1. The lowest BCUT2D eigenvalue weighted by Crippen LogP contribution is -2.24. The standard InChI is InChI=1S/C13H14N4O4/c18-9-3-6(4-10(19)11(9)20)13(21)15-12-7-1-2-14-5-8(7)16-17-12/h3-4,14,18-20H,1-2,5H2,(H2,15,16,17,21). The van der Waals surface area contributed by atoms with E-state index in [-0.39, 0.29) is 5.56 Å². The minimum Gasteiger partial charge on any atom is -0.504 e. The fourth-order valence-corrected chi connectivity index (χ4v) is 2.26. The molecule has 0 radical (unpaired) electrons. The van der Waals surface area contributed by atoms with Gasteiger partial charge >= 0.3 is 0 Å². The molecule has 0 bridgehead atoms. The number of hydrogen-bond acceptors (Lipinski definition) is 6. The molecule has 1 amide bonds. The monoisotopic (exact) mass is 290 g/mol. The van der Waals surface area contributed by atoms with Crippen molar-refractivity contribution in [2.45, 2.75) is 13.0 Å². The third-order valence-corrected chi connectivity index (χ3v) is 3.37. The molecule has 0 spiro atoms. The maximum atomic E-state index is 12.1. The number of nitrogens with one attached hydrogen (secondary N) is 3. The molecule has 0 atom stereocenters. The predicted octanol–water partition coefficient (Wildman–Crippen LogP) is 0.424. The molecule has 0 unspecified atom stereocenters. The van der Waals surface area contributed by atoms with Crippen molar-refractivity contribution in [1.29, 1.82) is 0 Å². The number of anilines is 1. The molecule has 0 saturated heterocycles. The highest BCUT2D eigenvalue weighted by atomic mass is 16.3. The predicted molar refractivity (Wildman–Crippen MR) is 73.4 cm³/mol. The zero-order valence-corrected chi connectivity index (χ0v) is 11.0. The first-order valence-electron chi connectivity index (χ1n) is 6.39. The van der Waals surface area contributed by atoms with Crippen LogP contribution in [0.3, 0.4) is 0 Å². The van der Waals surface area contributed by atoms with E-state index in [0.29, 0.717) is 12.4 Å². The number of H-pyrrole nitrogens is 1. The number of fused-ring (bicyclic) bond motifs is 1. The molecule has 1 aliphatic rings. The van der Waals surface area contributed by atoms with E-state index in [1.807, 2.05) is 0 Å². The number of rotatable bonds is 2. The van der Waals surface area contributed by atoms with Crippen LogP contribution in [0.5, 0.6) is 17.2 Å². The molecule has 2 aromatic rings. The fourth-order valence-electron chi connectivity index (χ4n) is 2.26. The van der Waals surface area contributed by atoms with Gasteiger partial charge < -0.3 is 26.0 Å². The zero-order chi connectivity index (χ0) is 15.0. The van der Waals surface area contributed by atoms with E-state index in [1.54, 1.807) is 0 Å². The van der Waals surface area contributed by atoms with Gasteiger partial charge in [0.1, 0.15) is 0 Å². The van der Waals surface area contributed by atoms with Gasteiger partial charge in [-0.25, -0.2) is 0 Å². The van der Waals surface area contributed by atoms with Crippen molar-refractivity contribution in [1.82, 2.24) is 15.5 Å². The normalized spacial score (nSPS) is 13.7. The summed E-state index contributed by atoms with van der Waals surface area (Å²) in [7, 11) is 0. The van der Waals surface area contributed by atoms with Crippen molar-refractivity contribution in [3.8, 4) is 17.2 Å². The Kier molecular flexibility index (Phi) is 3.15. The Morgan fingerprint density at radius 1 is 1.24 bits per heavy atom. The summed E-state index contributed by atoms with van der Waals surface area (Å²) in [6, 6.07) is 2.15. The molecular formula is C13H14N4O4. The average Bonchev–Trinajstić information content (AvgIpc) is 2.87. The van der Waals surface area contributed by atoms with Gasteiger partial charge in [0.05, 0.1) is 5.69 Å². The molecule has 0 fully saturated rings. The molecule has 1 aromatic carbocycles. The third-order valence-electron chi connectivity index (χ3n) is 3.37. The van der Waals surface area contributed by atoms with Crippen LogP contribution in [0.15, 0.2) is 12.1 Å². The van der Waals surface area contributed by atoms with Gasteiger partial charge in [0.2, 0.25) is 0 Å². The number of phenols is 3. The second-order valence-corrected chi connectivity index (χ2v) is 4.77. The number of aromatic nitrogens is 2. The van der Waals surface area contributed by atoms with E-state index >= 15 is 0 Å². The van der Waals surface area contributed by atoms with Crippen molar-refractivity contribution in [2.24, 2.45) is 0 Å². The summed E-state index contributed by atoms with van der Waals surface area (Å²) in [5, 5.41) is 40.8. The van der Waals surface area contributed by atoms with Crippen LogP contribution in [0, 0.1) is 0 Å². The molecule has 1 aliphatic heterocycles. The lowest BCUT2D eigenvalue weighted by Gasteiger charge is -2.13. The summed E-state index contributed by atoms with van der Waals surface area (Å²) < 4.78 is 0. The van der Waals surface area contributed by atoms with E-state index in [0.717, 1.165) is 36.4 Å². The molecule has 110 valence electrons. The van der Waals surface area contributed by atoms with Crippen molar-refractivity contribution < 1.29 is 20.1 Å². The molecule has 3 rings (SSSR count). The highest BCUT2D eigenvalue weighted by molar-refractivity contribution is 6.05. The third kappa shape index (κ3) is 2.36. The number of hydrogen-bond donors (Lipinski definition) is 6. The van der Waals surface area contributed by atoms with Crippen LogP contribution in [0.2, 0.25) is 0 Å². The lowest BCUT2D eigenvalue weighted by atomic mass is 10.1. The van der Waals surface area contributed by atoms with Crippen LogP contribution in [-0.2, 0) is 13.0 Å². The van der Waals surface area contributed by atoms with Crippen LogP contribution in [0.1, 0.15) is 21.6 Å². The summed E-state index contributed by atoms with van der Waals surface area (Å²) in [5.74, 6) is -1.88. The Balaban J connectivity index is 1.85.